The highest BCUT2D eigenvalue weighted by atomic mass is 16.5. The lowest BCUT2D eigenvalue weighted by atomic mass is 9.83. The summed E-state index contributed by atoms with van der Waals surface area (Å²) in [5.41, 5.74) is 2.88. The van der Waals surface area contributed by atoms with Gasteiger partial charge >= 0.3 is 0 Å². The van der Waals surface area contributed by atoms with Crippen LogP contribution in [0, 0.1) is 5.41 Å². The van der Waals surface area contributed by atoms with Gasteiger partial charge in [0.2, 0.25) is 0 Å². The number of benzene rings is 1. The van der Waals surface area contributed by atoms with Gasteiger partial charge in [-0.15, -0.1) is 0 Å². The van der Waals surface area contributed by atoms with Gasteiger partial charge in [0.05, 0.1) is 0 Å². The molecule has 1 saturated carbocycles. The fraction of sp³-hybridized carbons (Fsp3) is 0.591. The molecule has 0 amide bonds. The van der Waals surface area contributed by atoms with E-state index in [0.717, 1.165) is 45.0 Å². The summed E-state index contributed by atoms with van der Waals surface area (Å²) in [4.78, 5) is 8.29. The van der Waals surface area contributed by atoms with Crippen molar-refractivity contribution in [3.8, 4) is 0 Å². The van der Waals surface area contributed by atoms with Gasteiger partial charge in [-0.2, -0.15) is 0 Å². The maximum Gasteiger partial charge on any atom is 0.191 e. The maximum absolute atomic E-state index is 5.34. The summed E-state index contributed by atoms with van der Waals surface area (Å²) in [5.74, 6) is 0.932. The first-order valence-electron chi connectivity index (χ1n) is 10.3. The normalized spacial score (nSPS) is 16.7. The van der Waals surface area contributed by atoms with Crippen molar-refractivity contribution in [2.75, 3.05) is 33.4 Å². The monoisotopic (exact) mass is 370 g/mol. The third kappa shape index (κ3) is 5.25. The van der Waals surface area contributed by atoms with Gasteiger partial charge in [-0.1, -0.05) is 31.0 Å². The SMILES string of the molecule is CCNC(=NCC1(CCOC)CCCC1)NCCc1c[nH]c2ccccc12. The molecule has 148 valence electrons. The number of methoxy groups -OCH3 is 1. The number of aromatic amines is 1. The molecule has 2 aromatic rings. The number of para-hydroxylation sites is 1. The zero-order chi connectivity index (χ0) is 19.0. The minimum atomic E-state index is 0.329. The Morgan fingerprint density at radius 1 is 1.22 bits per heavy atom. The van der Waals surface area contributed by atoms with E-state index in [2.05, 4.69) is 53.0 Å². The average Bonchev–Trinajstić information content (AvgIpc) is 3.32. The topological polar surface area (TPSA) is 61.4 Å². The second-order valence-electron chi connectivity index (χ2n) is 7.68. The van der Waals surface area contributed by atoms with Crippen LogP contribution in [0.4, 0.5) is 0 Å². The summed E-state index contributed by atoms with van der Waals surface area (Å²) in [7, 11) is 1.79. The first-order valence-corrected chi connectivity index (χ1v) is 10.3. The minimum absolute atomic E-state index is 0.329. The molecule has 1 aromatic carbocycles. The summed E-state index contributed by atoms with van der Waals surface area (Å²) < 4.78 is 5.34. The van der Waals surface area contributed by atoms with Crippen LogP contribution in [0.3, 0.4) is 0 Å². The highest BCUT2D eigenvalue weighted by Crippen LogP contribution is 2.41. The van der Waals surface area contributed by atoms with Crippen LogP contribution in [0.25, 0.3) is 10.9 Å². The smallest absolute Gasteiger partial charge is 0.191 e. The number of guanidine groups is 1. The van der Waals surface area contributed by atoms with Crippen molar-refractivity contribution in [3.63, 3.8) is 0 Å². The van der Waals surface area contributed by atoms with E-state index >= 15 is 0 Å². The van der Waals surface area contributed by atoms with Crippen LogP contribution in [0.2, 0.25) is 0 Å². The van der Waals surface area contributed by atoms with Gasteiger partial charge in [0.25, 0.3) is 0 Å². The van der Waals surface area contributed by atoms with Crippen molar-refractivity contribution in [3.05, 3.63) is 36.0 Å². The van der Waals surface area contributed by atoms with Crippen molar-refractivity contribution in [2.45, 2.75) is 45.4 Å². The van der Waals surface area contributed by atoms with E-state index in [1.54, 1.807) is 7.11 Å². The molecule has 1 aliphatic rings. The van der Waals surface area contributed by atoms with Crippen LogP contribution in [0.1, 0.15) is 44.6 Å². The lowest BCUT2D eigenvalue weighted by molar-refractivity contribution is 0.141. The maximum atomic E-state index is 5.34. The van der Waals surface area contributed by atoms with E-state index in [1.165, 1.54) is 42.1 Å². The minimum Gasteiger partial charge on any atom is -0.385 e. The van der Waals surface area contributed by atoms with Gasteiger partial charge in [-0.25, -0.2) is 0 Å². The zero-order valence-corrected chi connectivity index (χ0v) is 16.8. The Kier molecular flexibility index (Phi) is 7.16. The number of aromatic nitrogens is 1. The van der Waals surface area contributed by atoms with E-state index in [9.17, 15) is 0 Å². The molecule has 1 fully saturated rings. The molecule has 1 aromatic heterocycles. The molecular weight excluding hydrogens is 336 g/mol. The molecule has 5 heteroatoms. The number of ether oxygens (including phenoxy) is 1. The molecule has 1 heterocycles. The summed E-state index contributed by atoms with van der Waals surface area (Å²) in [6.45, 7) is 5.59. The summed E-state index contributed by atoms with van der Waals surface area (Å²) in [5, 5.41) is 8.22. The van der Waals surface area contributed by atoms with Gasteiger partial charge in [-0.05, 0) is 49.7 Å². The number of rotatable bonds is 9. The fourth-order valence-electron chi connectivity index (χ4n) is 4.17. The molecule has 0 unspecified atom stereocenters. The highest BCUT2D eigenvalue weighted by Gasteiger charge is 2.33. The average molecular weight is 371 g/mol. The number of hydrogen-bond donors (Lipinski definition) is 3. The number of nitrogens with one attached hydrogen (secondary N) is 3. The van der Waals surface area contributed by atoms with Crippen LogP contribution >= 0.6 is 0 Å². The molecule has 0 atom stereocenters. The van der Waals surface area contributed by atoms with Crippen LogP contribution in [0.15, 0.2) is 35.5 Å². The van der Waals surface area contributed by atoms with Crippen LogP contribution in [-0.4, -0.2) is 44.3 Å². The number of fused-ring (bicyclic) bond motifs is 1. The Labute approximate surface area is 163 Å². The van der Waals surface area contributed by atoms with Crippen molar-refractivity contribution in [2.24, 2.45) is 10.4 Å². The highest BCUT2D eigenvalue weighted by molar-refractivity contribution is 5.83. The zero-order valence-electron chi connectivity index (χ0n) is 16.8. The molecule has 1 aliphatic carbocycles. The molecule has 5 nitrogen and oxygen atoms in total. The Morgan fingerprint density at radius 2 is 2.04 bits per heavy atom. The third-order valence-corrected chi connectivity index (χ3v) is 5.78. The van der Waals surface area contributed by atoms with E-state index in [-0.39, 0.29) is 0 Å². The molecule has 27 heavy (non-hydrogen) atoms. The third-order valence-electron chi connectivity index (χ3n) is 5.78. The number of hydrogen-bond acceptors (Lipinski definition) is 2. The second kappa shape index (κ2) is 9.79. The quantitative estimate of drug-likeness (QED) is 0.464. The molecule has 3 rings (SSSR count). The van der Waals surface area contributed by atoms with Gasteiger partial charge in [-0.3, -0.25) is 4.99 Å². The van der Waals surface area contributed by atoms with Gasteiger partial charge in [0.15, 0.2) is 5.96 Å². The van der Waals surface area contributed by atoms with Crippen LogP contribution in [0.5, 0.6) is 0 Å². The molecular formula is C22H34N4O. The first-order chi connectivity index (χ1) is 13.3. The van der Waals surface area contributed by atoms with Crippen molar-refractivity contribution < 1.29 is 4.74 Å². The second-order valence-corrected chi connectivity index (χ2v) is 7.68. The Balaban J connectivity index is 1.57. The predicted molar refractivity (Wildman–Crippen MR) is 113 cm³/mol. The van der Waals surface area contributed by atoms with Gasteiger partial charge in [0, 0.05) is 50.5 Å². The molecule has 0 aliphatic heterocycles. The van der Waals surface area contributed by atoms with E-state index < -0.39 is 0 Å². The fourth-order valence-corrected chi connectivity index (χ4v) is 4.17. The largest absolute Gasteiger partial charge is 0.385 e. The Bertz CT molecular complexity index is 731. The standard InChI is InChI=1S/C22H34N4O/c1-3-23-21(26-17-22(13-15-27-2)11-6-7-12-22)24-14-10-18-16-25-20-9-5-4-8-19(18)20/h4-5,8-9,16,25H,3,6-7,10-15,17H2,1-2H3,(H2,23,24,26). The van der Waals surface area contributed by atoms with E-state index in [4.69, 9.17) is 9.73 Å². The van der Waals surface area contributed by atoms with E-state index in [0.29, 0.717) is 5.41 Å². The molecule has 3 N–H and O–H groups in total. The molecule has 0 saturated heterocycles. The molecule has 0 spiro atoms. The number of nitrogens with zero attached hydrogens (tertiary/aromatic N) is 1. The van der Waals surface area contributed by atoms with Crippen molar-refractivity contribution in [1.82, 2.24) is 15.6 Å². The number of H-pyrrole nitrogens is 1. The summed E-state index contributed by atoms with van der Waals surface area (Å²) >= 11 is 0. The van der Waals surface area contributed by atoms with Crippen LogP contribution in [-0.2, 0) is 11.2 Å². The van der Waals surface area contributed by atoms with Gasteiger partial charge in [0.1, 0.15) is 0 Å². The summed E-state index contributed by atoms with van der Waals surface area (Å²) in [6, 6.07) is 8.47. The molecule has 0 radical (unpaired) electrons. The predicted octanol–water partition coefficient (Wildman–Crippen LogP) is 3.86. The van der Waals surface area contributed by atoms with Gasteiger partial charge < -0.3 is 20.4 Å². The Hall–Kier alpha value is -2.01. The Morgan fingerprint density at radius 3 is 2.81 bits per heavy atom. The van der Waals surface area contributed by atoms with Crippen molar-refractivity contribution in [1.29, 1.82) is 0 Å². The van der Waals surface area contributed by atoms with Crippen LogP contribution < -0.4 is 10.6 Å². The summed E-state index contributed by atoms with van der Waals surface area (Å²) in [6.07, 6.45) is 9.40. The lowest BCUT2D eigenvalue weighted by Crippen LogP contribution is -2.39. The first kappa shape index (κ1) is 19.7. The van der Waals surface area contributed by atoms with E-state index in [1.807, 2.05) is 0 Å². The van der Waals surface area contributed by atoms with Crippen molar-refractivity contribution >= 4 is 16.9 Å². The lowest BCUT2D eigenvalue weighted by Gasteiger charge is -2.27. The molecule has 0 bridgehead atoms. The number of aliphatic imine (C=N–C) groups is 1.